The highest BCUT2D eigenvalue weighted by molar-refractivity contribution is 5.74. The zero-order valence-electron chi connectivity index (χ0n) is 21.1. The molecular formula is C27H26F5N5O3. The molecule has 13 heteroatoms. The number of halogens is 5. The maximum Gasteiger partial charge on any atom is 0.429 e. The number of benzene rings is 2. The lowest BCUT2D eigenvalue weighted by Crippen LogP contribution is -2.41. The molecule has 3 aromatic rings. The molecule has 2 fully saturated rings. The molecule has 2 aliphatic rings. The number of hydrogen-bond acceptors (Lipinski definition) is 7. The van der Waals surface area contributed by atoms with Crippen LogP contribution in [0, 0.1) is 17.0 Å². The molecular weight excluding hydrogens is 537 g/mol. The van der Waals surface area contributed by atoms with Crippen molar-refractivity contribution in [1.82, 2.24) is 15.3 Å². The highest BCUT2D eigenvalue weighted by Crippen LogP contribution is 2.41. The molecule has 8 nitrogen and oxygen atoms in total. The van der Waals surface area contributed by atoms with E-state index in [-0.39, 0.29) is 22.8 Å². The van der Waals surface area contributed by atoms with Gasteiger partial charge in [-0.25, -0.2) is 8.78 Å². The van der Waals surface area contributed by atoms with Crippen LogP contribution in [0.1, 0.15) is 30.9 Å². The Hall–Kier alpha value is -4.00. The van der Waals surface area contributed by atoms with E-state index in [0.29, 0.717) is 55.8 Å². The molecule has 0 saturated carbocycles. The molecule has 1 aromatic heterocycles. The minimum absolute atomic E-state index is 0.162. The van der Waals surface area contributed by atoms with Crippen LogP contribution in [0.15, 0.2) is 48.5 Å². The van der Waals surface area contributed by atoms with Crippen LogP contribution < -0.4 is 20.7 Å². The Morgan fingerprint density at radius 1 is 1.05 bits per heavy atom. The van der Waals surface area contributed by atoms with Crippen molar-refractivity contribution in [3.63, 3.8) is 0 Å². The first-order valence-electron chi connectivity index (χ1n) is 12.6. The number of nitrogen functional groups attached to an aromatic ring is 1. The number of piperidine rings is 1. The first-order chi connectivity index (χ1) is 18.9. The van der Waals surface area contributed by atoms with E-state index in [9.17, 15) is 31.9 Å². The summed E-state index contributed by atoms with van der Waals surface area (Å²) in [5, 5.41) is 12.3. The van der Waals surface area contributed by atoms with Crippen molar-refractivity contribution in [2.75, 3.05) is 30.3 Å². The van der Waals surface area contributed by atoms with E-state index in [1.165, 1.54) is 36.4 Å². The molecule has 40 heavy (non-hydrogen) atoms. The van der Waals surface area contributed by atoms with Crippen molar-refractivity contribution >= 4 is 17.7 Å². The lowest BCUT2D eigenvalue weighted by atomic mass is 9.76. The number of carboxylic acids is 1. The standard InChI is InChI=1S/C27H26F5N5O3/c28-18-6-5-17(11-19(18)29)15-1-3-16(4-2-15)23(27(30,31)32)40-22-12-21(35-25(33)36-22)37-9-7-26(8-10-37)13-20(24(38)39)34-14-26/h1-6,11-12,20,23,34H,7-10,13-14H2,(H,38,39)(H2,33,35,36)/t20?,23-/m1/s1. The maximum atomic E-state index is 14.1. The van der Waals surface area contributed by atoms with Crippen molar-refractivity contribution in [3.8, 4) is 17.0 Å². The normalized spacial score (nSPS) is 19.5. The van der Waals surface area contributed by atoms with Crippen molar-refractivity contribution < 1.29 is 36.6 Å². The van der Waals surface area contributed by atoms with Crippen LogP contribution in [-0.2, 0) is 4.79 Å². The van der Waals surface area contributed by atoms with Crippen LogP contribution in [0.4, 0.5) is 33.7 Å². The summed E-state index contributed by atoms with van der Waals surface area (Å²) in [4.78, 5) is 21.2. The maximum absolute atomic E-state index is 14.1. The fourth-order valence-corrected chi connectivity index (χ4v) is 5.31. The van der Waals surface area contributed by atoms with E-state index in [2.05, 4.69) is 15.3 Å². The SMILES string of the molecule is Nc1nc(O[C@H](c2ccc(-c3ccc(F)c(F)c3)cc2)C(F)(F)F)cc(N2CCC3(CC2)CNC(C(=O)O)C3)n1. The predicted molar refractivity (Wildman–Crippen MR) is 136 cm³/mol. The molecule has 2 aromatic carbocycles. The summed E-state index contributed by atoms with van der Waals surface area (Å²) in [5.74, 6) is -3.28. The molecule has 3 heterocycles. The van der Waals surface area contributed by atoms with E-state index < -0.39 is 35.9 Å². The summed E-state index contributed by atoms with van der Waals surface area (Å²) >= 11 is 0. The Balaban J connectivity index is 1.32. The second-order valence-corrected chi connectivity index (χ2v) is 10.2. The number of nitrogens with one attached hydrogen (secondary N) is 1. The molecule has 212 valence electrons. The Kier molecular flexibility index (Phi) is 7.25. The highest BCUT2D eigenvalue weighted by atomic mass is 19.4. The van der Waals surface area contributed by atoms with Gasteiger partial charge in [0.15, 0.2) is 11.6 Å². The summed E-state index contributed by atoms with van der Waals surface area (Å²) in [6.45, 7) is 1.61. The van der Waals surface area contributed by atoms with Gasteiger partial charge in [-0.1, -0.05) is 30.3 Å². The second kappa shape index (κ2) is 10.5. The zero-order chi connectivity index (χ0) is 28.7. The summed E-state index contributed by atoms with van der Waals surface area (Å²) in [6.07, 6.45) is -5.32. The number of nitrogens with two attached hydrogens (primary N) is 1. The van der Waals surface area contributed by atoms with Crippen LogP contribution in [0.25, 0.3) is 11.1 Å². The number of hydrogen-bond donors (Lipinski definition) is 3. The van der Waals surface area contributed by atoms with Gasteiger partial charge in [-0.05, 0) is 47.9 Å². The number of aliphatic carboxylic acids is 1. The van der Waals surface area contributed by atoms with Crippen LogP contribution in [0.3, 0.4) is 0 Å². The molecule has 0 aliphatic carbocycles. The number of rotatable bonds is 6. The van der Waals surface area contributed by atoms with Gasteiger partial charge in [0, 0.05) is 31.3 Å². The summed E-state index contributed by atoms with van der Waals surface area (Å²) < 4.78 is 74.4. The fourth-order valence-electron chi connectivity index (χ4n) is 5.31. The van der Waals surface area contributed by atoms with Gasteiger partial charge in [0.2, 0.25) is 17.9 Å². The molecule has 0 bridgehead atoms. The molecule has 5 rings (SSSR count). The van der Waals surface area contributed by atoms with Gasteiger partial charge in [0.1, 0.15) is 11.9 Å². The third kappa shape index (κ3) is 5.79. The second-order valence-electron chi connectivity index (χ2n) is 10.2. The van der Waals surface area contributed by atoms with Crippen molar-refractivity contribution in [1.29, 1.82) is 0 Å². The average Bonchev–Trinajstić information content (AvgIpc) is 3.32. The quantitative estimate of drug-likeness (QED) is 0.370. The number of carbonyl (C=O) groups is 1. The summed E-state index contributed by atoms with van der Waals surface area (Å²) in [5.41, 5.74) is 6.14. The summed E-state index contributed by atoms with van der Waals surface area (Å²) in [6, 6.07) is 9.06. The van der Waals surface area contributed by atoms with Gasteiger partial charge in [0.25, 0.3) is 0 Å². The highest BCUT2D eigenvalue weighted by Gasteiger charge is 2.45. The first kappa shape index (κ1) is 27.6. The molecule has 1 unspecified atom stereocenters. The molecule has 0 amide bonds. The van der Waals surface area contributed by atoms with E-state index in [1.807, 2.05) is 4.90 Å². The van der Waals surface area contributed by atoms with E-state index in [1.54, 1.807) is 0 Å². The zero-order valence-corrected chi connectivity index (χ0v) is 21.1. The topological polar surface area (TPSA) is 114 Å². The van der Waals surface area contributed by atoms with Crippen LogP contribution in [0.5, 0.6) is 5.88 Å². The smallest absolute Gasteiger partial charge is 0.429 e. The largest absolute Gasteiger partial charge is 0.480 e. The Bertz CT molecular complexity index is 1390. The van der Waals surface area contributed by atoms with Crippen LogP contribution in [0.2, 0.25) is 0 Å². The lowest BCUT2D eigenvalue weighted by molar-refractivity contribution is -0.198. The van der Waals surface area contributed by atoms with E-state index >= 15 is 0 Å². The van der Waals surface area contributed by atoms with Crippen molar-refractivity contribution in [3.05, 3.63) is 65.7 Å². The molecule has 2 atom stereocenters. The molecule has 2 aliphatic heterocycles. The number of aromatic nitrogens is 2. The molecule has 0 radical (unpaired) electrons. The van der Waals surface area contributed by atoms with E-state index in [0.717, 1.165) is 12.1 Å². The number of ether oxygens (including phenoxy) is 1. The fraction of sp³-hybridized carbons (Fsp3) is 0.370. The monoisotopic (exact) mass is 563 g/mol. The third-order valence-corrected chi connectivity index (χ3v) is 7.52. The Morgan fingerprint density at radius 3 is 2.33 bits per heavy atom. The number of alkyl halides is 3. The van der Waals surface area contributed by atoms with Gasteiger partial charge >= 0.3 is 12.1 Å². The molecule has 2 saturated heterocycles. The van der Waals surface area contributed by atoms with Crippen LogP contribution in [-0.4, -0.2) is 52.9 Å². The molecule has 1 spiro atoms. The predicted octanol–water partition coefficient (Wildman–Crippen LogP) is 4.72. The van der Waals surface area contributed by atoms with Crippen molar-refractivity contribution in [2.24, 2.45) is 5.41 Å². The van der Waals surface area contributed by atoms with Crippen molar-refractivity contribution in [2.45, 2.75) is 37.6 Å². The first-order valence-corrected chi connectivity index (χ1v) is 12.6. The Morgan fingerprint density at radius 2 is 1.73 bits per heavy atom. The number of carboxylic acid groups (broad SMARTS) is 1. The van der Waals surface area contributed by atoms with E-state index in [4.69, 9.17) is 10.5 Å². The minimum atomic E-state index is -4.81. The van der Waals surface area contributed by atoms with Gasteiger partial charge < -0.3 is 25.8 Å². The van der Waals surface area contributed by atoms with Crippen LogP contribution >= 0.6 is 0 Å². The van der Waals surface area contributed by atoms with Gasteiger partial charge in [0.05, 0.1) is 0 Å². The lowest BCUT2D eigenvalue weighted by Gasteiger charge is -2.39. The van der Waals surface area contributed by atoms with Gasteiger partial charge in [-0.3, -0.25) is 4.79 Å². The number of nitrogens with zero attached hydrogens (tertiary/aromatic N) is 3. The number of anilines is 2. The average molecular weight is 564 g/mol. The van der Waals surface area contributed by atoms with Gasteiger partial charge in [-0.2, -0.15) is 23.1 Å². The summed E-state index contributed by atoms with van der Waals surface area (Å²) in [7, 11) is 0. The third-order valence-electron chi connectivity index (χ3n) is 7.52. The molecule has 4 N–H and O–H groups in total. The minimum Gasteiger partial charge on any atom is -0.480 e. The Labute approximate surface area is 226 Å². The van der Waals surface area contributed by atoms with Gasteiger partial charge in [-0.15, -0.1) is 0 Å².